The molecule has 1 unspecified atom stereocenters. The van der Waals surface area contributed by atoms with Crippen molar-refractivity contribution in [2.75, 3.05) is 0 Å². The van der Waals surface area contributed by atoms with Crippen molar-refractivity contribution in [1.82, 2.24) is 14.5 Å². The van der Waals surface area contributed by atoms with Crippen molar-refractivity contribution in [3.05, 3.63) is 94.4 Å². The lowest BCUT2D eigenvalue weighted by Gasteiger charge is -2.30. The number of amides is 1. The fourth-order valence-corrected chi connectivity index (χ4v) is 5.68. The van der Waals surface area contributed by atoms with Crippen LogP contribution in [0.15, 0.2) is 76.1 Å². The molecule has 0 aliphatic carbocycles. The van der Waals surface area contributed by atoms with Crippen LogP contribution in [0.5, 0.6) is 0 Å². The van der Waals surface area contributed by atoms with E-state index in [-0.39, 0.29) is 11.5 Å². The van der Waals surface area contributed by atoms with Gasteiger partial charge in [-0.25, -0.2) is 4.98 Å². The molecule has 1 atom stereocenters. The standard InChI is InChI=1S/C36H47N3O3/c1-4-5-6-7-8-9-10-11-12-13-14-24-34(40)38(27-31-21-18-25-42-31)29(3)35-37-33-23-16-15-22-32(33)36(41)39(35)30-20-17-19-28(2)26-30/h15-23,25-26,29H,4-14,24,27H2,1-3H3. The van der Waals surface area contributed by atoms with Crippen molar-refractivity contribution in [3.63, 3.8) is 0 Å². The Morgan fingerprint density at radius 2 is 1.57 bits per heavy atom. The Morgan fingerprint density at radius 3 is 2.24 bits per heavy atom. The predicted octanol–water partition coefficient (Wildman–Crippen LogP) is 9.08. The fraction of sp³-hybridized carbons (Fsp3) is 0.472. The van der Waals surface area contributed by atoms with Gasteiger partial charge < -0.3 is 9.32 Å². The quantitative estimate of drug-likeness (QED) is 0.119. The molecule has 2 heterocycles. The molecule has 1 amide bonds. The second-order valence-corrected chi connectivity index (χ2v) is 11.5. The molecule has 0 aliphatic rings. The van der Waals surface area contributed by atoms with Gasteiger partial charge in [0.1, 0.15) is 11.6 Å². The molecule has 6 nitrogen and oxygen atoms in total. The molecule has 0 N–H and O–H groups in total. The summed E-state index contributed by atoms with van der Waals surface area (Å²) in [5.74, 6) is 1.30. The minimum absolute atomic E-state index is 0.0491. The molecule has 0 saturated carbocycles. The third-order valence-electron chi connectivity index (χ3n) is 8.12. The summed E-state index contributed by atoms with van der Waals surface area (Å²) in [6.07, 6.45) is 15.7. The lowest BCUT2D eigenvalue weighted by Crippen LogP contribution is -2.37. The molecule has 6 heteroatoms. The van der Waals surface area contributed by atoms with Crippen LogP contribution >= 0.6 is 0 Å². The van der Waals surface area contributed by atoms with Crippen molar-refractivity contribution in [2.45, 2.75) is 110 Å². The second kappa shape index (κ2) is 16.1. The van der Waals surface area contributed by atoms with Gasteiger partial charge in [0.2, 0.25) is 5.91 Å². The topological polar surface area (TPSA) is 68.3 Å². The molecule has 0 bridgehead atoms. The number of aromatic nitrogens is 2. The maximum atomic E-state index is 13.9. The molecule has 0 spiro atoms. The normalized spacial score (nSPS) is 12.1. The van der Waals surface area contributed by atoms with Crippen LogP contribution in [0.3, 0.4) is 0 Å². The maximum absolute atomic E-state index is 13.9. The fourth-order valence-electron chi connectivity index (χ4n) is 5.68. The number of rotatable bonds is 17. The first-order chi connectivity index (χ1) is 20.5. The first kappa shape index (κ1) is 31.3. The van der Waals surface area contributed by atoms with Crippen LogP contribution in [0.2, 0.25) is 0 Å². The highest BCUT2D eigenvalue weighted by Gasteiger charge is 2.27. The number of furan rings is 1. The van der Waals surface area contributed by atoms with Gasteiger partial charge in [0.25, 0.3) is 5.56 Å². The van der Waals surface area contributed by atoms with E-state index in [9.17, 15) is 9.59 Å². The number of fused-ring (bicyclic) bond motifs is 1. The largest absolute Gasteiger partial charge is 0.467 e. The Balaban J connectivity index is 1.50. The molecular weight excluding hydrogens is 522 g/mol. The highest BCUT2D eigenvalue weighted by Crippen LogP contribution is 2.26. The van der Waals surface area contributed by atoms with Crippen molar-refractivity contribution in [2.24, 2.45) is 0 Å². The lowest BCUT2D eigenvalue weighted by atomic mass is 10.0. The van der Waals surface area contributed by atoms with E-state index in [0.29, 0.717) is 35.5 Å². The molecule has 4 aromatic rings. The third kappa shape index (κ3) is 8.43. The third-order valence-corrected chi connectivity index (χ3v) is 8.12. The Morgan fingerprint density at radius 1 is 0.881 bits per heavy atom. The minimum atomic E-state index is -0.451. The molecule has 0 radical (unpaired) electrons. The number of carbonyl (C=O) groups excluding carboxylic acids is 1. The Hall–Kier alpha value is -3.67. The molecule has 0 fully saturated rings. The van der Waals surface area contributed by atoms with Crippen LogP contribution in [0, 0.1) is 6.92 Å². The number of unbranched alkanes of at least 4 members (excludes halogenated alkanes) is 10. The van der Waals surface area contributed by atoms with Gasteiger partial charge in [0.05, 0.1) is 35.4 Å². The van der Waals surface area contributed by atoms with E-state index in [1.165, 1.54) is 51.4 Å². The van der Waals surface area contributed by atoms with Gasteiger partial charge in [-0.15, -0.1) is 0 Å². The summed E-state index contributed by atoms with van der Waals surface area (Å²) in [6, 6.07) is 18.5. The van der Waals surface area contributed by atoms with Gasteiger partial charge in [0.15, 0.2) is 0 Å². The van der Waals surface area contributed by atoms with E-state index in [0.717, 1.165) is 30.5 Å². The molecule has 2 aromatic carbocycles. The van der Waals surface area contributed by atoms with Crippen LogP contribution in [-0.2, 0) is 11.3 Å². The highest BCUT2D eigenvalue weighted by atomic mass is 16.3. The van der Waals surface area contributed by atoms with Crippen molar-refractivity contribution >= 4 is 16.8 Å². The molecule has 2 aromatic heterocycles. The summed E-state index contributed by atoms with van der Waals surface area (Å²) in [7, 11) is 0. The van der Waals surface area contributed by atoms with Crippen LogP contribution in [0.1, 0.15) is 114 Å². The zero-order valence-corrected chi connectivity index (χ0v) is 25.7. The van der Waals surface area contributed by atoms with Gasteiger partial charge in [-0.1, -0.05) is 95.4 Å². The second-order valence-electron chi connectivity index (χ2n) is 11.5. The minimum Gasteiger partial charge on any atom is -0.467 e. The molecule has 224 valence electrons. The van der Waals surface area contributed by atoms with E-state index >= 15 is 0 Å². The summed E-state index contributed by atoms with van der Waals surface area (Å²) in [6.45, 7) is 6.55. The number of nitrogens with zero attached hydrogens (tertiary/aromatic N) is 3. The number of aryl methyl sites for hydroxylation is 1. The van der Waals surface area contributed by atoms with E-state index in [4.69, 9.17) is 9.40 Å². The SMILES string of the molecule is CCCCCCCCCCCCCC(=O)N(Cc1ccco1)C(C)c1nc2ccccc2c(=O)n1-c1cccc(C)c1. The zero-order chi connectivity index (χ0) is 29.7. The van der Waals surface area contributed by atoms with E-state index in [1.54, 1.807) is 10.8 Å². The maximum Gasteiger partial charge on any atom is 0.266 e. The van der Waals surface area contributed by atoms with Gasteiger partial charge in [-0.2, -0.15) is 0 Å². The highest BCUT2D eigenvalue weighted by molar-refractivity contribution is 5.79. The van der Waals surface area contributed by atoms with Gasteiger partial charge in [-0.05, 0) is 62.2 Å². The summed E-state index contributed by atoms with van der Waals surface area (Å²) < 4.78 is 7.32. The van der Waals surface area contributed by atoms with Crippen molar-refractivity contribution in [1.29, 1.82) is 0 Å². The van der Waals surface area contributed by atoms with Crippen LogP contribution < -0.4 is 5.56 Å². The molecule has 4 rings (SSSR count). The molecule has 0 aliphatic heterocycles. The van der Waals surface area contributed by atoms with Crippen LogP contribution in [-0.4, -0.2) is 20.4 Å². The van der Waals surface area contributed by atoms with Crippen LogP contribution in [0.25, 0.3) is 16.6 Å². The number of benzene rings is 2. The Bertz CT molecular complexity index is 1460. The van der Waals surface area contributed by atoms with Crippen molar-refractivity contribution in [3.8, 4) is 5.69 Å². The Kier molecular flexibility index (Phi) is 12.0. The number of hydrogen-bond acceptors (Lipinski definition) is 4. The zero-order valence-electron chi connectivity index (χ0n) is 25.7. The monoisotopic (exact) mass is 569 g/mol. The van der Waals surface area contributed by atoms with Crippen molar-refractivity contribution < 1.29 is 9.21 Å². The molecule has 42 heavy (non-hydrogen) atoms. The number of hydrogen-bond donors (Lipinski definition) is 0. The van der Waals surface area contributed by atoms with Gasteiger partial charge >= 0.3 is 0 Å². The van der Waals surface area contributed by atoms with E-state index < -0.39 is 6.04 Å². The van der Waals surface area contributed by atoms with Crippen LogP contribution in [0.4, 0.5) is 0 Å². The summed E-state index contributed by atoms with van der Waals surface area (Å²) in [4.78, 5) is 34.4. The number of carbonyl (C=O) groups is 1. The summed E-state index contributed by atoms with van der Waals surface area (Å²) >= 11 is 0. The molecule has 0 saturated heterocycles. The smallest absolute Gasteiger partial charge is 0.266 e. The Labute approximate surface area is 250 Å². The number of para-hydroxylation sites is 1. The average molecular weight is 570 g/mol. The van der Waals surface area contributed by atoms with E-state index in [1.807, 2.05) is 79.4 Å². The summed E-state index contributed by atoms with van der Waals surface area (Å²) in [5.41, 5.74) is 2.29. The lowest BCUT2D eigenvalue weighted by molar-refractivity contribution is -0.134. The first-order valence-corrected chi connectivity index (χ1v) is 15.9. The molecular formula is C36H47N3O3. The predicted molar refractivity (Wildman–Crippen MR) is 171 cm³/mol. The van der Waals surface area contributed by atoms with Gasteiger partial charge in [0, 0.05) is 6.42 Å². The average Bonchev–Trinajstić information content (AvgIpc) is 3.51. The summed E-state index contributed by atoms with van der Waals surface area (Å²) in [5, 5.41) is 0.555. The van der Waals surface area contributed by atoms with E-state index in [2.05, 4.69) is 6.92 Å². The first-order valence-electron chi connectivity index (χ1n) is 15.9. The van der Waals surface area contributed by atoms with Gasteiger partial charge in [-0.3, -0.25) is 14.2 Å².